The summed E-state index contributed by atoms with van der Waals surface area (Å²) < 4.78 is 42.4. The number of methoxy groups -OCH3 is 1. The minimum absolute atomic E-state index is 0.00123. The van der Waals surface area contributed by atoms with Crippen LogP contribution in [0.4, 0.5) is 4.39 Å². The number of amides is 1. The monoisotopic (exact) mass is 307 g/mol. The number of rotatable bonds is 3. The predicted molar refractivity (Wildman–Crippen MR) is 66.5 cm³/mol. The summed E-state index contributed by atoms with van der Waals surface area (Å²) in [6.07, 6.45) is -0.157. The van der Waals surface area contributed by atoms with Gasteiger partial charge in [0.2, 0.25) is 5.91 Å². The molecule has 1 unspecified atom stereocenters. The van der Waals surface area contributed by atoms with E-state index in [1.54, 1.807) is 0 Å². The molecule has 8 heteroatoms. The second-order valence-corrected chi connectivity index (χ2v) is 6.73. The number of nitrogens with zero attached hydrogens (tertiary/aromatic N) is 1. The van der Waals surface area contributed by atoms with Crippen LogP contribution in [0.1, 0.15) is 18.9 Å². The van der Waals surface area contributed by atoms with Crippen LogP contribution in [0.15, 0.2) is 18.2 Å². The van der Waals surface area contributed by atoms with E-state index in [9.17, 15) is 17.6 Å². The van der Waals surface area contributed by atoms with E-state index in [0.29, 0.717) is 4.31 Å². The number of carbonyl (C=O) groups excluding carboxylic acids is 1. The van der Waals surface area contributed by atoms with Crippen LogP contribution in [0.25, 0.3) is 0 Å². The van der Waals surface area contributed by atoms with Gasteiger partial charge >= 0.3 is 9.24 Å². The van der Waals surface area contributed by atoms with E-state index in [1.165, 1.54) is 32.2 Å². The molecule has 0 bridgehead atoms. The Morgan fingerprint density at radius 2 is 2.11 bits per heavy atom. The maximum absolute atomic E-state index is 14.0. The summed E-state index contributed by atoms with van der Waals surface area (Å²) in [5.74, 6) is -1.16. The minimum Gasteiger partial charge on any atom is -0.496 e. The van der Waals surface area contributed by atoms with Crippen LogP contribution < -0.4 is 4.74 Å². The lowest BCUT2D eigenvalue weighted by molar-refractivity contribution is -0.144. The fraction of sp³-hybridized carbons (Fsp3) is 0.364. The fourth-order valence-electron chi connectivity index (χ4n) is 2.37. The lowest BCUT2D eigenvalue weighted by atomic mass is 9.81. The highest BCUT2D eigenvalue weighted by Gasteiger charge is 2.56. The summed E-state index contributed by atoms with van der Waals surface area (Å²) in [5, 5.41) is 0. The number of benzene rings is 1. The van der Waals surface area contributed by atoms with E-state index in [0.717, 1.165) is 0 Å². The average Bonchev–Trinajstić information content (AvgIpc) is 2.24. The molecule has 0 spiro atoms. The van der Waals surface area contributed by atoms with E-state index >= 15 is 0 Å². The summed E-state index contributed by atoms with van der Waals surface area (Å²) in [5.41, 5.74) is -1.37. The molecule has 0 saturated carbocycles. The first-order valence-corrected chi connectivity index (χ1v) is 7.59. The number of β-lactam (4-membered cyclic amide) rings is 1. The first kappa shape index (κ1) is 14.1. The van der Waals surface area contributed by atoms with Crippen molar-refractivity contribution < 1.29 is 22.3 Å². The van der Waals surface area contributed by atoms with Crippen LogP contribution in [-0.4, -0.2) is 25.7 Å². The van der Waals surface area contributed by atoms with Gasteiger partial charge in [-0.25, -0.2) is 8.70 Å². The molecule has 0 aliphatic carbocycles. The first-order valence-electron chi connectivity index (χ1n) is 5.32. The molecule has 2 rings (SSSR count). The molecule has 5 nitrogen and oxygen atoms in total. The van der Waals surface area contributed by atoms with Gasteiger partial charge in [0.1, 0.15) is 11.6 Å². The van der Waals surface area contributed by atoms with Crippen LogP contribution in [0.2, 0.25) is 0 Å². The molecule has 0 N–H and O–H groups in total. The Labute approximate surface area is 114 Å². The van der Waals surface area contributed by atoms with Gasteiger partial charge < -0.3 is 4.74 Å². The Bertz CT molecular complexity index is 648. The fourth-order valence-corrected chi connectivity index (χ4v) is 4.00. The van der Waals surface area contributed by atoms with Gasteiger partial charge in [-0.2, -0.15) is 8.42 Å². The van der Waals surface area contributed by atoms with Gasteiger partial charge in [0.25, 0.3) is 0 Å². The molecule has 104 valence electrons. The van der Waals surface area contributed by atoms with Gasteiger partial charge in [0.05, 0.1) is 24.6 Å². The van der Waals surface area contributed by atoms with Crippen LogP contribution in [0, 0.1) is 5.82 Å². The van der Waals surface area contributed by atoms with Gasteiger partial charge in [0, 0.05) is 10.7 Å². The lowest BCUT2D eigenvalue weighted by Crippen LogP contribution is -2.60. The minimum atomic E-state index is -4.28. The van der Waals surface area contributed by atoms with Gasteiger partial charge in [0.15, 0.2) is 0 Å². The Morgan fingerprint density at radius 1 is 1.47 bits per heavy atom. The molecular weight excluding hydrogens is 297 g/mol. The van der Waals surface area contributed by atoms with Gasteiger partial charge in [-0.1, -0.05) is 6.07 Å². The zero-order valence-corrected chi connectivity index (χ0v) is 11.8. The number of carbonyl (C=O) groups is 1. The Morgan fingerprint density at radius 3 is 2.58 bits per heavy atom. The van der Waals surface area contributed by atoms with Gasteiger partial charge in [-0.3, -0.25) is 4.79 Å². The molecule has 1 heterocycles. The van der Waals surface area contributed by atoms with Gasteiger partial charge in [-0.15, -0.1) is 0 Å². The smallest absolute Gasteiger partial charge is 0.324 e. The van der Waals surface area contributed by atoms with Crippen LogP contribution >= 0.6 is 10.7 Å². The van der Waals surface area contributed by atoms with E-state index in [1.807, 2.05) is 0 Å². The van der Waals surface area contributed by atoms with Crippen molar-refractivity contribution >= 4 is 25.8 Å². The van der Waals surface area contributed by atoms with Crippen LogP contribution in [0.5, 0.6) is 5.75 Å². The normalized spacial score (nSPS) is 23.2. The predicted octanol–water partition coefficient (Wildman–Crippen LogP) is 1.77. The Kier molecular flexibility index (Phi) is 3.22. The summed E-state index contributed by atoms with van der Waals surface area (Å²) in [6, 6.07) is 4.09. The first-order chi connectivity index (χ1) is 8.71. The molecule has 1 amide bonds. The van der Waals surface area contributed by atoms with E-state index in [2.05, 4.69) is 0 Å². The highest BCUT2D eigenvalue weighted by molar-refractivity contribution is 8.12. The quantitative estimate of drug-likeness (QED) is 0.630. The summed E-state index contributed by atoms with van der Waals surface area (Å²) in [7, 11) is 2.28. The molecule has 1 aliphatic heterocycles. The van der Waals surface area contributed by atoms with Crippen molar-refractivity contribution in [1.29, 1.82) is 0 Å². The largest absolute Gasteiger partial charge is 0.496 e. The van der Waals surface area contributed by atoms with Crippen LogP contribution in [0.3, 0.4) is 0 Å². The van der Waals surface area contributed by atoms with Crippen LogP contribution in [-0.2, 0) is 19.6 Å². The third-order valence-electron chi connectivity index (χ3n) is 3.12. The standard InChI is InChI=1S/C11H11ClFNO4S/c1-11(6-9(15)14(11)19(12,16)17)10-7(13)4-3-5-8(10)18-2/h3-5H,6H2,1-2H3. The zero-order valence-electron chi connectivity index (χ0n) is 10.2. The van der Waals surface area contributed by atoms with E-state index in [-0.39, 0.29) is 17.7 Å². The third-order valence-corrected chi connectivity index (χ3v) is 4.58. The molecule has 1 aromatic rings. The highest BCUT2D eigenvalue weighted by atomic mass is 35.7. The van der Waals surface area contributed by atoms with Gasteiger partial charge in [-0.05, 0) is 19.1 Å². The lowest BCUT2D eigenvalue weighted by Gasteiger charge is -2.47. The Balaban J connectivity index is 2.62. The second-order valence-electron chi connectivity index (χ2n) is 4.37. The zero-order chi connectivity index (χ0) is 14.4. The summed E-state index contributed by atoms with van der Waals surface area (Å²) >= 11 is 0. The molecular formula is C11H11ClFNO4S. The molecule has 1 fully saturated rings. The average molecular weight is 308 g/mol. The summed E-state index contributed by atoms with van der Waals surface area (Å²) in [6.45, 7) is 1.43. The number of hydrogen-bond acceptors (Lipinski definition) is 4. The number of ether oxygens (including phenoxy) is 1. The molecule has 1 aromatic carbocycles. The van der Waals surface area contributed by atoms with Crippen molar-refractivity contribution in [2.45, 2.75) is 18.9 Å². The molecule has 1 atom stereocenters. The molecule has 0 aromatic heterocycles. The molecule has 19 heavy (non-hydrogen) atoms. The highest BCUT2D eigenvalue weighted by Crippen LogP contribution is 2.48. The number of halogens is 2. The molecule has 1 aliphatic rings. The number of hydrogen-bond donors (Lipinski definition) is 0. The van der Waals surface area contributed by atoms with E-state index < -0.39 is 26.5 Å². The third kappa shape index (κ3) is 2.06. The molecule has 1 saturated heterocycles. The van der Waals surface area contributed by atoms with Crippen molar-refractivity contribution in [3.63, 3.8) is 0 Å². The Hall–Kier alpha value is -1.34. The van der Waals surface area contributed by atoms with Crippen molar-refractivity contribution in [1.82, 2.24) is 4.31 Å². The topological polar surface area (TPSA) is 63.7 Å². The summed E-state index contributed by atoms with van der Waals surface area (Å²) in [4.78, 5) is 11.5. The van der Waals surface area contributed by atoms with Crippen molar-refractivity contribution in [3.8, 4) is 5.75 Å². The van der Waals surface area contributed by atoms with Crippen molar-refractivity contribution in [3.05, 3.63) is 29.6 Å². The second kappa shape index (κ2) is 4.35. The van der Waals surface area contributed by atoms with Crippen molar-refractivity contribution in [2.24, 2.45) is 0 Å². The van der Waals surface area contributed by atoms with E-state index in [4.69, 9.17) is 15.4 Å². The maximum Gasteiger partial charge on any atom is 0.324 e. The maximum atomic E-state index is 14.0. The SMILES string of the molecule is COc1cccc(F)c1C1(C)CC(=O)N1S(=O)(=O)Cl. The van der Waals surface area contributed by atoms with Crippen molar-refractivity contribution in [2.75, 3.05) is 7.11 Å². The molecule has 0 radical (unpaired) electrons.